The lowest BCUT2D eigenvalue weighted by Crippen LogP contribution is -2.23. The summed E-state index contributed by atoms with van der Waals surface area (Å²) in [7, 11) is 2.08. The molecule has 18 heavy (non-hydrogen) atoms. The highest BCUT2D eigenvalue weighted by molar-refractivity contribution is 5.80. The highest BCUT2D eigenvalue weighted by atomic mass is 16.3. The first-order valence-corrected chi connectivity index (χ1v) is 6.66. The molecule has 1 N–H and O–H groups in total. The Morgan fingerprint density at radius 1 is 1.33 bits per heavy atom. The summed E-state index contributed by atoms with van der Waals surface area (Å²) in [6.45, 7) is 3.27. The number of aliphatic hydroxyl groups excluding tert-OH is 1. The maximum Gasteiger partial charge on any atom is 0.0558 e. The van der Waals surface area contributed by atoms with E-state index in [0.29, 0.717) is 5.92 Å². The third-order valence-electron chi connectivity index (χ3n) is 4.07. The number of aliphatic hydroxyl groups is 1. The predicted octanol–water partition coefficient (Wildman–Crippen LogP) is 1.96. The highest BCUT2D eigenvalue weighted by Crippen LogP contribution is 2.29. The number of β-amino-alcohol motifs (C(OH)–C–C–N with tert-alkyl or cyclic N) is 1. The summed E-state index contributed by atoms with van der Waals surface area (Å²) in [5.74, 6) is 0.626. The molecule has 0 aliphatic carbocycles. The third-order valence-corrected chi connectivity index (χ3v) is 4.07. The molecule has 96 valence electrons. The Morgan fingerprint density at radius 2 is 2.22 bits per heavy atom. The number of nitrogens with zero attached hydrogens (tertiary/aromatic N) is 2. The Bertz CT molecular complexity index is 546. The van der Waals surface area contributed by atoms with Crippen molar-refractivity contribution in [3.8, 4) is 0 Å². The lowest BCUT2D eigenvalue weighted by atomic mass is 9.97. The molecule has 0 saturated carbocycles. The van der Waals surface area contributed by atoms with E-state index in [2.05, 4.69) is 47.0 Å². The van der Waals surface area contributed by atoms with Gasteiger partial charge in [0.25, 0.3) is 0 Å². The van der Waals surface area contributed by atoms with Crippen molar-refractivity contribution in [2.24, 2.45) is 7.05 Å². The van der Waals surface area contributed by atoms with Crippen LogP contribution < -0.4 is 0 Å². The van der Waals surface area contributed by atoms with Gasteiger partial charge >= 0.3 is 0 Å². The molecule has 1 saturated heterocycles. The van der Waals surface area contributed by atoms with Gasteiger partial charge in [-0.25, -0.2) is 0 Å². The van der Waals surface area contributed by atoms with Crippen LogP contribution in [0.15, 0.2) is 30.5 Å². The van der Waals surface area contributed by atoms with Crippen molar-refractivity contribution in [3.63, 3.8) is 0 Å². The van der Waals surface area contributed by atoms with Gasteiger partial charge in [-0.2, -0.15) is 0 Å². The van der Waals surface area contributed by atoms with Crippen molar-refractivity contribution in [2.45, 2.75) is 12.3 Å². The number of fused-ring (bicyclic) bond motifs is 1. The second kappa shape index (κ2) is 4.75. The molecule has 2 heterocycles. The smallest absolute Gasteiger partial charge is 0.0558 e. The van der Waals surface area contributed by atoms with Gasteiger partial charge < -0.3 is 14.6 Å². The van der Waals surface area contributed by atoms with Crippen LogP contribution in [0, 0.1) is 0 Å². The van der Waals surface area contributed by atoms with E-state index in [9.17, 15) is 0 Å². The molecular formula is C15H20N2O. The van der Waals surface area contributed by atoms with Crippen LogP contribution in [0.4, 0.5) is 0 Å². The molecule has 0 radical (unpaired) electrons. The van der Waals surface area contributed by atoms with E-state index in [0.717, 1.165) is 19.6 Å². The van der Waals surface area contributed by atoms with Crippen LogP contribution in [-0.2, 0) is 7.05 Å². The van der Waals surface area contributed by atoms with Crippen molar-refractivity contribution in [3.05, 3.63) is 36.0 Å². The highest BCUT2D eigenvalue weighted by Gasteiger charge is 2.23. The molecule has 1 atom stereocenters. The molecule has 2 aromatic rings. The zero-order valence-electron chi connectivity index (χ0n) is 10.8. The summed E-state index contributed by atoms with van der Waals surface area (Å²) >= 11 is 0. The van der Waals surface area contributed by atoms with Crippen molar-refractivity contribution in [1.82, 2.24) is 9.47 Å². The van der Waals surface area contributed by atoms with Gasteiger partial charge in [0.1, 0.15) is 0 Å². The molecule has 0 spiro atoms. The summed E-state index contributed by atoms with van der Waals surface area (Å²) in [5.41, 5.74) is 2.73. The monoisotopic (exact) mass is 244 g/mol. The molecule has 0 amide bonds. The van der Waals surface area contributed by atoms with E-state index in [1.54, 1.807) is 0 Å². The van der Waals surface area contributed by atoms with Gasteiger partial charge in [0.2, 0.25) is 0 Å². The van der Waals surface area contributed by atoms with E-state index in [4.69, 9.17) is 5.11 Å². The van der Waals surface area contributed by atoms with Gasteiger partial charge in [0, 0.05) is 31.9 Å². The molecule has 3 rings (SSSR count). The van der Waals surface area contributed by atoms with Crippen molar-refractivity contribution < 1.29 is 5.11 Å². The number of hydrogen-bond acceptors (Lipinski definition) is 2. The SMILES string of the molecule is Cn1ccc2cc(C3CCN(CCO)C3)ccc21. The number of benzene rings is 1. The molecular weight excluding hydrogens is 224 g/mol. The minimum atomic E-state index is 0.268. The fourth-order valence-electron chi connectivity index (χ4n) is 3.00. The standard InChI is InChI=1S/C15H20N2O/c1-16-6-4-13-10-12(2-3-15(13)16)14-5-7-17(11-14)8-9-18/h2-4,6,10,14,18H,5,7-9,11H2,1H3. The quantitative estimate of drug-likeness (QED) is 0.894. The van der Waals surface area contributed by atoms with Crippen LogP contribution in [0.1, 0.15) is 17.9 Å². The van der Waals surface area contributed by atoms with Gasteiger partial charge in [-0.1, -0.05) is 6.07 Å². The van der Waals surface area contributed by atoms with Crippen LogP contribution in [0.3, 0.4) is 0 Å². The predicted molar refractivity (Wildman–Crippen MR) is 73.8 cm³/mol. The van der Waals surface area contributed by atoms with E-state index >= 15 is 0 Å². The summed E-state index contributed by atoms with van der Waals surface area (Å²) in [6.07, 6.45) is 3.32. The Kier molecular flexibility index (Phi) is 3.10. The fourth-order valence-corrected chi connectivity index (χ4v) is 3.00. The molecule has 1 fully saturated rings. The third kappa shape index (κ3) is 2.04. The molecule has 1 aliphatic heterocycles. The first-order chi connectivity index (χ1) is 8.78. The van der Waals surface area contributed by atoms with Gasteiger partial charge in [-0.15, -0.1) is 0 Å². The lowest BCUT2D eigenvalue weighted by molar-refractivity contribution is 0.220. The fraction of sp³-hybridized carbons (Fsp3) is 0.467. The Morgan fingerprint density at radius 3 is 3.06 bits per heavy atom. The summed E-state index contributed by atoms with van der Waals surface area (Å²) < 4.78 is 2.16. The minimum Gasteiger partial charge on any atom is -0.395 e. The molecule has 1 unspecified atom stereocenters. The Hall–Kier alpha value is -1.32. The summed E-state index contributed by atoms with van der Waals surface area (Å²) in [5, 5.41) is 10.3. The largest absolute Gasteiger partial charge is 0.395 e. The zero-order valence-corrected chi connectivity index (χ0v) is 10.8. The minimum absolute atomic E-state index is 0.268. The summed E-state index contributed by atoms with van der Waals surface area (Å²) in [6, 6.07) is 8.98. The average molecular weight is 244 g/mol. The number of hydrogen-bond donors (Lipinski definition) is 1. The lowest BCUT2D eigenvalue weighted by Gasteiger charge is -2.14. The summed E-state index contributed by atoms with van der Waals surface area (Å²) in [4.78, 5) is 2.35. The number of aryl methyl sites for hydroxylation is 1. The van der Waals surface area contributed by atoms with Crippen molar-refractivity contribution in [2.75, 3.05) is 26.2 Å². The number of likely N-dealkylation sites (tertiary alicyclic amines) is 1. The topological polar surface area (TPSA) is 28.4 Å². The maximum atomic E-state index is 8.98. The number of rotatable bonds is 3. The molecule has 3 nitrogen and oxygen atoms in total. The second-order valence-corrected chi connectivity index (χ2v) is 5.25. The Labute approximate surface area is 108 Å². The zero-order chi connectivity index (χ0) is 12.5. The average Bonchev–Trinajstić information content (AvgIpc) is 2.97. The van der Waals surface area contributed by atoms with E-state index in [1.807, 2.05) is 0 Å². The second-order valence-electron chi connectivity index (χ2n) is 5.25. The normalized spacial score (nSPS) is 20.9. The molecule has 1 aromatic carbocycles. The molecule has 0 bridgehead atoms. The maximum absolute atomic E-state index is 8.98. The van der Waals surface area contributed by atoms with Crippen LogP contribution in [0.25, 0.3) is 10.9 Å². The van der Waals surface area contributed by atoms with Crippen LogP contribution in [0.2, 0.25) is 0 Å². The van der Waals surface area contributed by atoms with E-state index < -0.39 is 0 Å². The number of aromatic nitrogens is 1. The molecule has 1 aromatic heterocycles. The van der Waals surface area contributed by atoms with Crippen LogP contribution >= 0.6 is 0 Å². The van der Waals surface area contributed by atoms with E-state index in [-0.39, 0.29) is 6.61 Å². The van der Waals surface area contributed by atoms with E-state index in [1.165, 1.54) is 22.9 Å². The molecule has 3 heteroatoms. The van der Waals surface area contributed by atoms with Gasteiger partial charge in [-0.3, -0.25) is 0 Å². The van der Waals surface area contributed by atoms with Gasteiger partial charge in [0.05, 0.1) is 6.61 Å². The molecule has 1 aliphatic rings. The first-order valence-electron chi connectivity index (χ1n) is 6.66. The van der Waals surface area contributed by atoms with Crippen molar-refractivity contribution >= 4 is 10.9 Å². The van der Waals surface area contributed by atoms with Gasteiger partial charge in [0.15, 0.2) is 0 Å². The van der Waals surface area contributed by atoms with Crippen molar-refractivity contribution in [1.29, 1.82) is 0 Å². The first kappa shape index (κ1) is 11.8. The van der Waals surface area contributed by atoms with Gasteiger partial charge in [-0.05, 0) is 48.0 Å². The van der Waals surface area contributed by atoms with Crippen LogP contribution in [-0.4, -0.2) is 40.8 Å². The van der Waals surface area contributed by atoms with Crippen LogP contribution in [0.5, 0.6) is 0 Å². The Balaban J connectivity index is 1.82.